The molecule has 1 aromatic carbocycles. The molecule has 0 saturated carbocycles. The Kier molecular flexibility index (Phi) is 7.77. The van der Waals surface area contributed by atoms with Gasteiger partial charge in [0.25, 0.3) is 0 Å². The van der Waals surface area contributed by atoms with Crippen molar-refractivity contribution in [2.75, 3.05) is 13.6 Å². The van der Waals surface area contributed by atoms with Crippen LogP contribution in [0.4, 0.5) is 0 Å². The number of aliphatic carboxylic acids is 1. The van der Waals surface area contributed by atoms with Crippen LogP contribution in [0.15, 0.2) is 29.2 Å². The zero-order valence-corrected chi connectivity index (χ0v) is 16.7. The van der Waals surface area contributed by atoms with E-state index in [0.29, 0.717) is 6.42 Å². The number of hydrogen-bond acceptors (Lipinski definition) is 4. The van der Waals surface area contributed by atoms with E-state index < -0.39 is 33.9 Å². The number of aryl methyl sites for hydroxylation is 1. The number of nitrogens with zero attached hydrogens (tertiary/aromatic N) is 1. The molecule has 2 N–H and O–H groups in total. The molecule has 7 nitrogen and oxygen atoms in total. The average Bonchev–Trinajstić information content (AvgIpc) is 2.53. The summed E-state index contributed by atoms with van der Waals surface area (Å²) in [6.07, 6.45) is 0.315. The highest BCUT2D eigenvalue weighted by molar-refractivity contribution is 7.89. The molecular formula is C18H28N2O5S. The standard InChI is InChI=1S/C18H28N2O5S/c1-12(2)10-16(17(21)20(5)11-14(4)18(22)23)19-26(24,25)15-8-6-13(3)7-9-15/h6-9,12,14,16,19H,10-11H2,1-5H3,(H,22,23). The van der Waals surface area contributed by atoms with E-state index in [4.69, 9.17) is 5.11 Å². The predicted octanol–water partition coefficient (Wildman–Crippen LogP) is 1.87. The number of carboxylic acids is 1. The summed E-state index contributed by atoms with van der Waals surface area (Å²) in [6.45, 7) is 7.14. The average molecular weight is 384 g/mol. The normalized spacial score (nSPS) is 14.1. The Labute approximate surface area is 155 Å². The second-order valence-corrected chi connectivity index (χ2v) is 8.79. The van der Waals surface area contributed by atoms with Crippen LogP contribution in [0.5, 0.6) is 0 Å². The summed E-state index contributed by atoms with van der Waals surface area (Å²) in [5.41, 5.74) is 0.932. The van der Waals surface area contributed by atoms with Crippen molar-refractivity contribution >= 4 is 21.9 Å². The summed E-state index contributed by atoms with van der Waals surface area (Å²) >= 11 is 0. The van der Waals surface area contributed by atoms with Crippen LogP contribution in [0.3, 0.4) is 0 Å². The monoisotopic (exact) mass is 384 g/mol. The third-order valence-electron chi connectivity index (χ3n) is 3.98. The summed E-state index contributed by atoms with van der Waals surface area (Å²) in [7, 11) is -2.38. The molecule has 1 aromatic rings. The van der Waals surface area contributed by atoms with Gasteiger partial charge in [0.1, 0.15) is 6.04 Å². The molecule has 1 amide bonds. The summed E-state index contributed by atoms with van der Waals surface area (Å²) < 4.78 is 27.7. The first-order valence-corrected chi connectivity index (χ1v) is 9.99. The molecule has 0 aliphatic carbocycles. The zero-order valence-electron chi connectivity index (χ0n) is 15.9. The van der Waals surface area contributed by atoms with Crippen LogP contribution >= 0.6 is 0 Å². The van der Waals surface area contributed by atoms with Gasteiger partial charge in [-0.25, -0.2) is 8.42 Å². The molecule has 0 aromatic heterocycles. The maximum absolute atomic E-state index is 12.7. The molecule has 0 heterocycles. The van der Waals surface area contributed by atoms with Crippen LogP contribution in [0.2, 0.25) is 0 Å². The largest absolute Gasteiger partial charge is 0.481 e. The first kappa shape index (κ1) is 22.1. The third kappa shape index (κ3) is 6.42. The van der Waals surface area contributed by atoms with E-state index in [9.17, 15) is 18.0 Å². The molecule has 0 bridgehead atoms. The van der Waals surface area contributed by atoms with Crippen molar-refractivity contribution in [1.82, 2.24) is 9.62 Å². The van der Waals surface area contributed by atoms with Crippen LogP contribution in [-0.4, -0.2) is 49.9 Å². The first-order chi connectivity index (χ1) is 11.9. The van der Waals surface area contributed by atoms with Crippen LogP contribution in [0.25, 0.3) is 0 Å². The molecule has 8 heteroatoms. The Morgan fingerprint density at radius 1 is 1.15 bits per heavy atom. The summed E-state index contributed by atoms with van der Waals surface area (Å²) in [5, 5.41) is 9.00. The van der Waals surface area contributed by atoms with E-state index in [-0.39, 0.29) is 17.4 Å². The van der Waals surface area contributed by atoms with Crippen molar-refractivity contribution in [3.8, 4) is 0 Å². The molecule has 0 saturated heterocycles. The van der Waals surface area contributed by atoms with Gasteiger partial charge in [0.2, 0.25) is 15.9 Å². The molecule has 1 rings (SSSR count). The Balaban J connectivity index is 3.00. The fourth-order valence-corrected chi connectivity index (χ4v) is 3.69. The molecule has 26 heavy (non-hydrogen) atoms. The van der Waals surface area contributed by atoms with Gasteiger partial charge in [0.15, 0.2) is 0 Å². The van der Waals surface area contributed by atoms with E-state index in [2.05, 4.69) is 4.72 Å². The van der Waals surface area contributed by atoms with Gasteiger partial charge in [0.05, 0.1) is 10.8 Å². The van der Waals surface area contributed by atoms with Crippen molar-refractivity contribution < 1.29 is 23.1 Å². The Hall–Kier alpha value is -1.93. The number of amides is 1. The number of hydrogen-bond donors (Lipinski definition) is 2. The highest BCUT2D eigenvalue weighted by atomic mass is 32.2. The van der Waals surface area contributed by atoms with Crippen molar-refractivity contribution in [3.63, 3.8) is 0 Å². The summed E-state index contributed by atoms with van der Waals surface area (Å²) in [4.78, 5) is 25.1. The summed E-state index contributed by atoms with van der Waals surface area (Å²) in [6, 6.07) is 5.41. The minimum Gasteiger partial charge on any atom is -0.481 e. The van der Waals surface area contributed by atoms with Crippen LogP contribution in [-0.2, 0) is 19.6 Å². The smallest absolute Gasteiger partial charge is 0.308 e. The van der Waals surface area contributed by atoms with Crippen molar-refractivity contribution in [2.45, 2.75) is 45.1 Å². The van der Waals surface area contributed by atoms with Gasteiger partial charge >= 0.3 is 5.97 Å². The van der Waals surface area contributed by atoms with Gasteiger partial charge in [-0.15, -0.1) is 0 Å². The van der Waals surface area contributed by atoms with Crippen molar-refractivity contribution in [3.05, 3.63) is 29.8 Å². The van der Waals surface area contributed by atoms with E-state index in [1.54, 1.807) is 12.1 Å². The van der Waals surface area contributed by atoms with Crippen molar-refractivity contribution in [1.29, 1.82) is 0 Å². The highest BCUT2D eigenvalue weighted by Gasteiger charge is 2.29. The second kappa shape index (κ2) is 9.14. The van der Waals surface area contributed by atoms with E-state index >= 15 is 0 Å². The van der Waals surface area contributed by atoms with Gasteiger partial charge in [-0.3, -0.25) is 9.59 Å². The molecule has 2 unspecified atom stereocenters. The van der Waals surface area contributed by atoms with Gasteiger partial charge in [-0.2, -0.15) is 4.72 Å². The van der Waals surface area contributed by atoms with Gasteiger partial charge in [-0.1, -0.05) is 38.5 Å². The summed E-state index contributed by atoms with van der Waals surface area (Å²) in [5.74, 6) is -2.11. The van der Waals surface area contributed by atoms with Crippen molar-refractivity contribution in [2.24, 2.45) is 11.8 Å². The van der Waals surface area contributed by atoms with Gasteiger partial charge in [0, 0.05) is 13.6 Å². The topological polar surface area (TPSA) is 104 Å². The first-order valence-electron chi connectivity index (χ1n) is 8.50. The number of carbonyl (C=O) groups excluding carboxylic acids is 1. The lowest BCUT2D eigenvalue weighted by molar-refractivity contribution is -0.143. The predicted molar refractivity (Wildman–Crippen MR) is 99.2 cm³/mol. The van der Waals surface area contributed by atoms with E-state index in [1.165, 1.54) is 31.0 Å². The van der Waals surface area contributed by atoms with Crippen LogP contribution in [0.1, 0.15) is 32.8 Å². The SMILES string of the molecule is Cc1ccc(S(=O)(=O)NC(CC(C)C)C(=O)N(C)CC(C)C(=O)O)cc1. The third-order valence-corrected chi connectivity index (χ3v) is 5.47. The minimum atomic E-state index is -3.86. The van der Waals surface area contributed by atoms with Crippen LogP contribution < -0.4 is 4.72 Å². The Morgan fingerprint density at radius 2 is 1.69 bits per heavy atom. The second-order valence-electron chi connectivity index (χ2n) is 7.07. The number of likely N-dealkylation sites (N-methyl/N-ethyl adjacent to an activating group) is 1. The highest BCUT2D eigenvalue weighted by Crippen LogP contribution is 2.15. The van der Waals surface area contributed by atoms with E-state index in [0.717, 1.165) is 5.56 Å². The fourth-order valence-electron chi connectivity index (χ4n) is 2.49. The number of sulfonamides is 1. The van der Waals surface area contributed by atoms with Gasteiger partial charge in [-0.05, 0) is 31.4 Å². The van der Waals surface area contributed by atoms with Gasteiger partial charge < -0.3 is 10.0 Å². The Bertz CT molecular complexity index is 728. The van der Waals surface area contributed by atoms with E-state index in [1.807, 2.05) is 20.8 Å². The molecule has 0 radical (unpaired) electrons. The molecule has 0 aliphatic rings. The lowest BCUT2D eigenvalue weighted by Gasteiger charge is -2.26. The lowest BCUT2D eigenvalue weighted by Crippen LogP contribution is -2.49. The molecule has 0 fully saturated rings. The molecule has 2 atom stereocenters. The number of carboxylic acid groups (broad SMARTS) is 1. The number of rotatable bonds is 9. The number of nitrogens with one attached hydrogen (secondary N) is 1. The maximum Gasteiger partial charge on any atom is 0.308 e. The molecular weight excluding hydrogens is 356 g/mol. The number of benzene rings is 1. The molecule has 0 spiro atoms. The lowest BCUT2D eigenvalue weighted by atomic mass is 10.0. The number of carbonyl (C=O) groups is 2. The van der Waals surface area contributed by atoms with Crippen LogP contribution in [0, 0.1) is 18.8 Å². The molecule has 0 aliphatic heterocycles. The maximum atomic E-state index is 12.7. The quantitative estimate of drug-likeness (QED) is 0.676. The Morgan fingerprint density at radius 3 is 2.15 bits per heavy atom. The molecule has 146 valence electrons. The zero-order chi connectivity index (χ0) is 20.1. The fraction of sp³-hybridized carbons (Fsp3) is 0.556. The minimum absolute atomic E-state index is 0.00895.